The summed E-state index contributed by atoms with van der Waals surface area (Å²) in [5.41, 5.74) is 9.79. The summed E-state index contributed by atoms with van der Waals surface area (Å²) in [7, 11) is 0. The Morgan fingerprint density at radius 2 is 0.392 bits per heavy atom. The second-order valence-electron chi connectivity index (χ2n) is 23.2. The van der Waals surface area contributed by atoms with E-state index >= 15 is 0 Å². The molecule has 97 heavy (non-hydrogen) atoms. The Balaban J connectivity index is 0.00000641. The Bertz CT molecular complexity index is 5760. The van der Waals surface area contributed by atoms with Gasteiger partial charge in [0.2, 0.25) is 0 Å². The van der Waals surface area contributed by atoms with Gasteiger partial charge in [0.25, 0.3) is 0 Å². The zero-order chi connectivity index (χ0) is 62.7. The number of benzene rings is 8. The maximum Gasteiger partial charge on any atom is 2.00 e. The van der Waals surface area contributed by atoms with Gasteiger partial charge in [-0.15, -0.1) is 0 Å². The van der Waals surface area contributed by atoms with Crippen molar-refractivity contribution in [2.45, 2.75) is 0 Å². The van der Waals surface area contributed by atoms with Gasteiger partial charge in [0, 0.05) is 209 Å². The van der Waals surface area contributed by atoms with E-state index in [1.165, 1.54) is 0 Å². The molecule has 13 heterocycles. The van der Waals surface area contributed by atoms with E-state index in [4.69, 9.17) is 39.9 Å². The monoisotopic (exact) mass is 1300 g/mol. The van der Waals surface area contributed by atoms with Gasteiger partial charge in [0.05, 0.1) is 119 Å². The normalized spacial score (nSPS) is 12.0. The molecule has 11 aromatic heterocycles. The van der Waals surface area contributed by atoms with Gasteiger partial charge in [-0.2, -0.15) is 0 Å². The molecule has 0 saturated carbocycles. The molecule has 1 radical (unpaired) electrons. The van der Waals surface area contributed by atoms with Gasteiger partial charge in [-0.25, -0.2) is 49.8 Å². The van der Waals surface area contributed by atoms with Crippen LogP contribution in [0.3, 0.4) is 0 Å². The summed E-state index contributed by atoms with van der Waals surface area (Å²) in [6, 6.07) is 33.1. The van der Waals surface area contributed by atoms with E-state index in [1.807, 2.05) is 135 Å². The van der Waals surface area contributed by atoms with Crippen molar-refractivity contribution >= 4 is 87.2 Å². The molecule has 0 unspecified atom stereocenters. The number of fused-ring (bicyclic) bond motifs is 24. The minimum atomic E-state index is 0. The fourth-order valence-corrected chi connectivity index (χ4v) is 14.5. The summed E-state index contributed by atoms with van der Waals surface area (Å²) in [6.45, 7) is 0. The SMILES string of the molecule is [Mn+2].c1ccc2c(-n3ccnc3)c3c(c(-n4ccnc4)c2c1)-c1nc-3nc2[n-]c(nc3nc(nc4[n-]c(n1)c1c(-n5ccnc5)c5ccccc5c(-n5ccnc5)c41)-c1c-3c(-n3ccnc3)c3ccccc3c1-n1ccnc1)c1c(-n3ccnc3)c3ccccc3c(-n3ccnc3)c21. The van der Waals surface area contributed by atoms with Crippen molar-refractivity contribution in [3.63, 3.8) is 0 Å². The molecule has 8 bridgehead atoms. The fourth-order valence-electron chi connectivity index (χ4n) is 14.5. The van der Waals surface area contributed by atoms with Crippen LogP contribution in [0.25, 0.3) is 178 Å². The molecular weight excluding hydrogens is 1260 g/mol. The third-order valence-corrected chi connectivity index (χ3v) is 18.2. The topological polar surface area (TPSA) is 248 Å². The molecule has 2 aliphatic rings. The van der Waals surface area contributed by atoms with Crippen LogP contribution in [-0.2, 0) is 17.1 Å². The number of imidazole rings is 8. The molecule has 0 aliphatic carbocycles. The Morgan fingerprint density at radius 1 is 0.216 bits per heavy atom. The molecule has 25 heteroatoms. The molecule has 0 atom stereocenters. The van der Waals surface area contributed by atoms with Gasteiger partial charge in [-0.1, -0.05) is 97.1 Å². The molecule has 0 N–H and O–H groups in total. The first-order valence-electron chi connectivity index (χ1n) is 30.6. The van der Waals surface area contributed by atoms with Crippen molar-refractivity contribution in [2.24, 2.45) is 0 Å². The summed E-state index contributed by atoms with van der Waals surface area (Å²) in [5.74, 6) is 1.18. The van der Waals surface area contributed by atoms with Gasteiger partial charge in [-0.3, -0.25) is 0 Å². The van der Waals surface area contributed by atoms with E-state index in [0.717, 1.165) is 88.6 Å². The maximum atomic E-state index is 5.88. The van der Waals surface area contributed by atoms with Gasteiger partial charge < -0.3 is 66.4 Å². The quantitative estimate of drug-likeness (QED) is 0.128. The Kier molecular flexibility index (Phi) is 11.5. The molecule has 8 aromatic carbocycles. The van der Waals surface area contributed by atoms with E-state index in [9.17, 15) is 0 Å². The van der Waals surface area contributed by atoms with Crippen LogP contribution in [0.15, 0.2) is 247 Å². The van der Waals surface area contributed by atoms with Crippen LogP contribution in [0.1, 0.15) is 0 Å². The van der Waals surface area contributed by atoms with E-state index < -0.39 is 0 Å². The molecule has 24 nitrogen and oxygen atoms in total. The number of hydrogen-bond acceptors (Lipinski definition) is 14. The molecule has 455 valence electrons. The Morgan fingerprint density at radius 3 is 0.567 bits per heavy atom. The number of rotatable bonds is 8. The van der Waals surface area contributed by atoms with Crippen molar-refractivity contribution in [3.05, 3.63) is 247 Å². The smallest absolute Gasteiger partial charge is 0.357 e. The summed E-state index contributed by atoms with van der Waals surface area (Å²) < 4.78 is 16.0. The molecule has 0 amide bonds. The predicted octanol–water partition coefficient (Wildman–Crippen LogP) is 12.2. The average molecular weight is 1300 g/mol. The number of nitrogens with zero attached hydrogens (tertiary/aromatic N) is 24. The fraction of sp³-hybridized carbons (Fsp3) is 0. The summed E-state index contributed by atoms with van der Waals surface area (Å²) in [4.78, 5) is 83.7. The van der Waals surface area contributed by atoms with E-state index in [-0.39, 0.29) is 17.1 Å². The minimum absolute atomic E-state index is 0. The van der Waals surface area contributed by atoms with Crippen molar-refractivity contribution in [3.8, 4) is 91.1 Å². The maximum absolute atomic E-state index is 5.88. The third kappa shape index (κ3) is 7.73. The van der Waals surface area contributed by atoms with E-state index in [0.29, 0.717) is 89.7 Å². The number of aromatic nitrogens is 24. The molecule has 21 rings (SSSR count). The zero-order valence-electron chi connectivity index (χ0n) is 50.2. The summed E-state index contributed by atoms with van der Waals surface area (Å²) >= 11 is 0. The van der Waals surface area contributed by atoms with Crippen molar-refractivity contribution in [1.29, 1.82) is 0 Å². The van der Waals surface area contributed by atoms with Crippen LogP contribution < -0.4 is 9.97 Å². The van der Waals surface area contributed by atoms with Crippen LogP contribution in [0.4, 0.5) is 0 Å². The Hall–Kier alpha value is -13.6. The Labute approximate surface area is 555 Å². The molecule has 19 aromatic rings. The van der Waals surface area contributed by atoms with E-state index in [1.54, 1.807) is 100 Å². The second-order valence-corrected chi connectivity index (χ2v) is 23.2. The van der Waals surface area contributed by atoms with Crippen molar-refractivity contribution < 1.29 is 17.1 Å². The molecular formula is C72H40MnN24. The van der Waals surface area contributed by atoms with Crippen LogP contribution in [0.2, 0.25) is 0 Å². The first-order valence-corrected chi connectivity index (χ1v) is 30.6. The van der Waals surface area contributed by atoms with Gasteiger partial charge in [-0.05, 0) is 0 Å². The first-order chi connectivity index (χ1) is 47.7. The third-order valence-electron chi connectivity index (χ3n) is 18.2. The van der Waals surface area contributed by atoms with Crippen molar-refractivity contribution in [1.82, 2.24) is 116 Å². The molecule has 0 fully saturated rings. The second kappa shape index (κ2) is 20.7. The molecule has 0 saturated heterocycles. The summed E-state index contributed by atoms with van der Waals surface area (Å²) in [5, 5.41) is 9.64. The van der Waals surface area contributed by atoms with Gasteiger partial charge in [0.15, 0.2) is 0 Å². The summed E-state index contributed by atoms with van der Waals surface area (Å²) in [6.07, 6.45) is 43.9. The predicted molar refractivity (Wildman–Crippen MR) is 361 cm³/mol. The zero-order valence-corrected chi connectivity index (χ0v) is 51.4. The van der Waals surface area contributed by atoms with Gasteiger partial charge >= 0.3 is 17.1 Å². The standard InChI is InChI=1S/C72H40N24.Mn/c1-2-10-42-41(9-1)57(89-25-17-73-33-89)49-50(58(42)90-26-18-74-34-90)66-81-65(49)85-67-51-52(60(92-28-20-76-36-92)44-12-4-3-11-43(44)59(51)91-27-19-75-35-91)69(82-67)87-71-55-56(64(96-32-24-80-40-96)48-16-8-7-15-47(48)63(55)95-31-23-79-39-95)72(84-71)88-70-54-53(68(83-70)86-66)61(93-29-21-77-37-93)45-13-5-6-14-46(45)62(54)94-30-22-78-38-94;/h1-40H;/q-2;+2. The number of hydrogen-bond donors (Lipinski definition) is 0. The average Bonchev–Trinajstić information content (AvgIpc) is 1.72. The molecule has 0 spiro atoms. The van der Waals surface area contributed by atoms with Crippen LogP contribution in [0.5, 0.6) is 0 Å². The van der Waals surface area contributed by atoms with E-state index in [2.05, 4.69) is 88.4 Å². The van der Waals surface area contributed by atoms with Crippen molar-refractivity contribution in [2.75, 3.05) is 0 Å². The largest absolute Gasteiger partial charge is 2.00 e. The minimum Gasteiger partial charge on any atom is -0.357 e. The first kappa shape index (κ1) is 54.0. The van der Waals surface area contributed by atoms with Gasteiger partial charge in [0.1, 0.15) is 0 Å². The van der Waals surface area contributed by atoms with Crippen LogP contribution >= 0.6 is 0 Å². The molecule has 2 aliphatic heterocycles. The van der Waals surface area contributed by atoms with Crippen LogP contribution in [-0.4, -0.2) is 106 Å². The van der Waals surface area contributed by atoms with Crippen LogP contribution in [0, 0.1) is 0 Å².